The number of nitrogens with zero attached hydrogens (tertiary/aromatic N) is 1. The maximum Gasteiger partial charge on any atom is 0.299 e. The van der Waals surface area contributed by atoms with Crippen molar-refractivity contribution in [3.05, 3.63) is 34.3 Å². The van der Waals surface area contributed by atoms with Gasteiger partial charge in [0, 0.05) is 6.42 Å². The summed E-state index contributed by atoms with van der Waals surface area (Å²) >= 11 is 0. The lowest BCUT2D eigenvalue weighted by molar-refractivity contribution is 0.292. The lowest BCUT2D eigenvalue weighted by Gasteiger charge is -2.17. The molecule has 2 rings (SSSR count). The van der Waals surface area contributed by atoms with Gasteiger partial charge in [0.15, 0.2) is 0 Å². The van der Waals surface area contributed by atoms with Crippen molar-refractivity contribution in [3.63, 3.8) is 0 Å². The molecular formula is C15H16N2O3. The van der Waals surface area contributed by atoms with Crippen LogP contribution in [0.15, 0.2) is 23.2 Å². The van der Waals surface area contributed by atoms with Gasteiger partial charge in [-0.25, -0.2) is 0 Å². The first-order chi connectivity index (χ1) is 9.65. The Morgan fingerprint density at radius 2 is 2.35 bits per heavy atom. The second-order valence-corrected chi connectivity index (χ2v) is 4.17. The summed E-state index contributed by atoms with van der Waals surface area (Å²) in [5, 5.41) is 0. The van der Waals surface area contributed by atoms with Crippen LogP contribution in [0.1, 0.15) is 32.3 Å². The third-order valence-corrected chi connectivity index (χ3v) is 2.77. The summed E-state index contributed by atoms with van der Waals surface area (Å²) in [6, 6.07) is 0.136. The normalized spacial score (nSPS) is 12.7. The smallest absolute Gasteiger partial charge is 0.299 e. The van der Waals surface area contributed by atoms with Crippen molar-refractivity contribution in [1.82, 2.24) is 9.97 Å². The SMILES string of the molecule is C=C1C=C(CC)c2c(nc(OCCC#CC)[nH]c2=O)O1. The fourth-order valence-corrected chi connectivity index (χ4v) is 1.88. The number of aromatic nitrogens is 2. The van der Waals surface area contributed by atoms with Crippen LogP contribution in [0.25, 0.3) is 5.57 Å². The highest BCUT2D eigenvalue weighted by Gasteiger charge is 2.21. The standard InChI is InChI=1S/C15H16N2O3/c1-4-6-7-8-19-15-16-13(18)12-11(5-2)9-10(3)20-14(12)17-15/h9H,3,5,7-8H2,1-2H3,(H,16,17,18). The summed E-state index contributed by atoms with van der Waals surface area (Å²) in [5.74, 6) is 6.35. The lowest BCUT2D eigenvalue weighted by atomic mass is 10.0. The number of hydrogen-bond donors (Lipinski definition) is 1. The van der Waals surface area contributed by atoms with E-state index in [2.05, 4.69) is 28.4 Å². The number of aromatic amines is 1. The average Bonchev–Trinajstić information content (AvgIpc) is 2.42. The monoisotopic (exact) mass is 272 g/mol. The molecule has 2 heterocycles. The minimum Gasteiger partial charge on any atom is -0.464 e. The van der Waals surface area contributed by atoms with Gasteiger partial charge in [-0.3, -0.25) is 9.78 Å². The summed E-state index contributed by atoms with van der Waals surface area (Å²) in [7, 11) is 0. The highest BCUT2D eigenvalue weighted by molar-refractivity contribution is 5.72. The molecule has 1 aromatic heterocycles. The largest absolute Gasteiger partial charge is 0.464 e. The van der Waals surface area contributed by atoms with Gasteiger partial charge in [-0.1, -0.05) is 13.5 Å². The molecule has 20 heavy (non-hydrogen) atoms. The molecule has 0 atom stereocenters. The van der Waals surface area contributed by atoms with Crippen molar-refractivity contribution < 1.29 is 9.47 Å². The maximum absolute atomic E-state index is 12.1. The van der Waals surface area contributed by atoms with Crippen molar-refractivity contribution in [3.8, 4) is 23.7 Å². The molecule has 0 radical (unpaired) electrons. The number of fused-ring (bicyclic) bond motifs is 1. The quantitative estimate of drug-likeness (QED) is 0.674. The maximum atomic E-state index is 12.1. The molecule has 0 bridgehead atoms. The number of allylic oxidation sites excluding steroid dienone is 2. The Kier molecular flexibility index (Phi) is 4.26. The van der Waals surface area contributed by atoms with Gasteiger partial charge in [0.2, 0.25) is 5.88 Å². The van der Waals surface area contributed by atoms with Crippen LogP contribution in [0.4, 0.5) is 0 Å². The zero-order valence-corrected chi connectivity index (χ0v) is 11.6. The van der Waals surface area contributed by atoms with E-state index >= 15 is 0 Å². The summed E-state index contributed by atoms with van der Waals surface area (Å²) in [5.41, 5.74) is 1.03. The van der Waals surface area contributed by atoms with Crippen LogP contribution in [0.5, 0.6) is 11.9 Å². The molecule has 0 saturated carbocycles. The van der Waals surface area contributed by atoms with Crippen molar-refractivity contribution in [2.45, 2.75) is 26.7 Å². The van der Waals surface area contributed by atoms with Crippen LogP contribution in [0.2, 0.25) is 0 Å². The highest BCUT2D eigenvalue weighted by atomic mass is 16.5. The van der Waals surface area contributed by atoms with E-state index in [1.807, 2.05) is 6.92 Å². The third-order valence-electron chi connectivity index (χ3n) is 2.77. The average molecular weight is 272 g/mol. The molecule has 1 aliphatic rings. The molecule has 0 amide bonds. The van der Waals surface area contributed by atoms with Gasteiger partial charge < -0.3 is 9.47 Å². The second-order valence-electron chi connectivity index (χ2n) is 4.17. The lowest BCUT2D eigenvalue weighted by Crippen LogP contribution is -2.20. The van der Waals surface area contributed by atoms with Gasteiger partial charge in [0.05, 0.1) is 0 Å². The predicted octanol–water partition coefficient (Wildman–Crippen LogP) is 2.26. The Hall–Kier alpha value is -2.48. The van der Waals surface area contributed by atoms with Gasteiger partial charge in [0.25, 0.3) is 11.6 Å². The van der Waals surface area contributed by atoms with Crippen LogP contribution in [0, 0.1) is 11.8 Å². The molecule has 0 aliphatic carbocycles. The Balaban J connectivity index is 2.29. The molecule has 1 aliphatic heterocycles. The molecule has 5 nitrogen and oxygen atoms in total. The van der Waals surface area contributed by atoms with Gasteiger partial charge >= 0.3 is 0 Å². The number of rotatable bonds is 4. The van der Waals surface area contributed by atoms with E-state index < -0.39 is 0 Å². The number of hydrogen-bond acceptors (Lipinski definition) is 4. The van der Waals surface area contributed by atoms with Gasteiger partial charge in [-0.15, -0.1) is 11.8 Å². The summed E-state index contributed by atoms with van der Waals surface area (Å²) in [6.45, 7) is 7.83. The van der Waals surface area contributed by atoms with E-state index in [1.165, 1.54) is 0 Å². The highest BCUT2D eigenvalue weighted by Crippen LogP contribution is 2.30. The molecule has 5 heteroatoms. The molecule has 0 unspecified atom stereocenters. The second kappa shape index (κ2) is 6.11. The summed E-state index contributed by atoms with van der Waals surface area (Å²) in [6.07, 6.45) is 3.02. The topological polar surface area (TPSA) is 64.2 Å². The Morgan fingerprint density at radius 3 is 3.05 bits per heavy atom. The molecule has 1 aromatic rings. The van der Waals surface area contributed by atoms with Crippen molar-refractivity contribution in [2.24, 2.45) is 0 Å². The van der Waals surface area contributed by atoms with Gasteiger partial charge in [0.1, 0.15) is 17.9 Å². The summed E-state index contributed by atoms with van der Waals surface area (Å²) in [4.78, 5) is 18.9. The number of nitrogens with one attached hydrogen (secondary N) is 1. The predicted molar refractivity (Wildman–Crippen MR) is 76.5 cm³/mol. The minimum absolute atomic E-state index is 0.136. The van der Waals surface area contributed by atoms with E-state index in [-0.39, 0.29) is 17.4 Å². The third kappa shape index (κ3) is 2.91. The van der Waals surface area contributed by atoms with Crippen LogP contribution in [-0.4, -0.2) is 16.6 Å². The van der Waals surface area contributed by atoms with E-state index in [0.717, 1.165) is 5.57 Å². The molecule has 104 valence electrons. The zero-order chi connectivity index (χ0) is 14.5. The first-order valence-electron chi connectivity index (χ1n) is 6.40. The molecular weight excluding hydrogens is 256 g/mol. The minimum atomic E-state index is -0.271. The zero-order valence-electron chi connectivity index (χ0n) is 11.6. The Labute approximate surface area is 117 Å². The van der Waals surface area contributed by atoms with Gasteiger partial charge in [-0.2, -0.15) is 4.98 Å². The number of H-pyrrole nitrogens is 1. The Morgan fingerprint density at radius 1 is 1.55 bits per heavy atom. The molecule has 0 aromatic carbocycles. The van der Waals surface area contributed by atoms with Crippen molar-refractivity contribution in [2.75, 3.05) is 6.61 Å². The molecule has 1 N–H and O–H groups in total. The first-order valence-corrected chi connectivity index (χ1v) is 6.40. The van der Waals surface area contributed by atoms with E-state index in [4.69, 9.17) is 9.47 Å². The van der Waals surface area contributed by atoms with Crippen LogP contribution >= 0.6 is 0 Å². The van der Waals surface area contributed by atoms with E-state index in [0.29, 0.717) is 30.8 Å². The molecule has 0 spiro atoms. The fraction of sp³-hybridized carbons (Fsp3) is 0.333. The first kappa shape index (κ1) is 13.9. The molecule has 0 saturated heterocycles. The van der Waals surface area contributed by atoms with E-state index in [1.54, 1.807) is 13.0 Å². The van der Waals surface area contributed by atoms with Gasteiger partial charge in [-0.05, 0) is 25.0 Å². The molecule has 0 fully saturated rings. The van der Waals surface area contributed by atoms with Crippen molar-refractivity contribution in [1.29, 1.82) is 0 Å². The van der Waals surface area contributed by atoms with Crippen LogP contribution < -0.4 is 15.0 Å². The van der Waals surface area contributed by atoms with Crippen molar-refractivity contribution >= 4 is 5.57 Å². The van der Waals surface area contributed by atoms with E-state index in [9.17, 15) is 4.79 Å². The van der Waals surface area contributed by atoms with Crippen LogP contribution in [0.3, 0.4) is 0 Å². The van der Waals surface area contributed by atoms with Crippen LogP contribution in [-0.2, 0) is 0 Å². The number of ether oxygens (including phenoxy) is 2. The Bertz CT molecular complexity index is 675. The summed E-state index contributed by atoms with van der Waals surface area (Å²) < 4.78 is 10.8. The fourth-order valence-electron chi connectivity index (χ4n) is 1.88.